The highest BCUT2D eigenvalue weighted by molar-refractivity contribution is 5.89. The molecule has 1 atom stereocenters. The molecular formula is C20H29N3O3. The van der Waals surface area contributed by atoms with Crippen LogP contribution in [0.25, 0.3) is 0 Å². The topological polar surface area (TPSA) is 71.5 Å². The minimum absolute atomic E-state index is 0.00631. The van der Waals surface area contributed by atoms with Gasteiger partial charge < -0.3 is 10.1 Å². The Balaban J connectivity index is 1.62. The largest absolute Gasteiger partial charge is 0.467 e. The monoisotopic (exact) mass is 359 g/mol. The maximum Gasteiger partial charge on any atom is 0.331 e. The van der Waals surface area contributed by atoms with Gasteiger partial charge >= 0.3 is 5.97 Å². The van der Waals surface area contributed by atoms with Gasteiger partial charge in [0.15, 0.2) is 0 Å². The molecule has 1 N–H and O–H groups in total. The first-order valence-electron chi connectivity index (χ1n) is 9.65. The molecule has 142 valence electrons. The van der Waals surface area contributed by atoms with E-state index in [2.05, 4.69) is 21.3 Å². The number of likely N-dealkylation sites (tertiary alicyclic amines) is 1. The van der Waals surface area contributed by atoms with Crippen molar-refractivity contribution in [2.24, 2.45) is 5.92 Å². The minimum atomic E-state index is -0.824. The Bertz CT molecular complexity index is 614. The molecule has 2 aliphatic rings. The zero-order chi connectivity index (χ0) is 18.4. The molecule has 2 heterocycles. The standard InChI is InChI=1S/C20H29N3O3/c1-26-19(25)20(9-3-2-4-10-20)22-18(24)17-8-6-12-23(15-17)14-16-7-5-11-21-13-16/h5,7,11,13,17H,2-4,6,8-10,12,14-15H2,1H3,(H,22,24). The second kappa shape index (κ2) is 8.62. The van der Waals surface area contributed by atoms with Crippen molar-refractivity contribution in [3.8, 4) is 0 Å². The molecule has 3 rings (SSSR count). The third-order valence-electron chi connectivity index (χ3n) is 5.65. The highest BCUT2D eigenvalue weighted by Crippen LogP contribution is 2.30. The van der Waals surface area contributed by atoms with Gasteiger partial charge in [-0.25, -0.2) is 4.79 Å². The molecule has 1 aromatic rings. The van der Waals surface area contributed by atoms with E-state index in [9.17, 15) is 9.59 Å². The number of nitrogens with one attached hydrogen (secondary N) is 1. The summed E-state index contributed by atoms with van der Waals surface area (Å²) in [6, 6.07) is 4.00. The Labute approximate surface area is 155 Å². The Morgan fingerprint density at radius 3 is 2.81 bits per heavy atom. The molecule has 1 unspecified atom stereocenters. The molecule has 0 aromatic carbocycles. The van der Waals surface area contributed by atoms with Crippen molar-refractivity contribution in [1.29, 1.82) is 0 Å². The van der Waals surface area contributed by atoms with E-state index in [1.807, 2.05) is 12.3 Å². The minimum Gasteiger partial charge on any atom is -0.467 e. The normalized spacial score (nSPS) is 23.2. The zero-order valence-corrected chi connectivity index (χ0v) is 15.6. The number of piperidine rings is 1. The van der Waals surface area contributed by atoms with Crippen molar-refractivity contribution >= 4 is 11.9 Å². The lowest BCUT2D eigenvalue weighted by molar-refractivity contribution is -0.153. The Hall–Kier alpha value is -1.95. The molecule has 1 amide bonds. The van der Waals surface area contributed by atoms with Crippen molar-refractivity contribution in [2.45, 2.75) is 57.0 Å². The lowest BCUT2D eigenvalue weighted by Gasteiger charge is -2.38. The molecule has 26 heavy (non-hydrogen) atoms. The third-order valence-corrected chi connectivity index (χ3v) is 5.65. The van der Waals surface area contributed by atoms with Crippen LogP contribution in [0.5, 0.6) is 0 Å². The predicted molar refractivity (Wildman–Crippen MR) is 98.2 cm³/mol. The molecule has 0 radical (unpaired) electrons. The number of hydrogen-bond donors (Lipinski definition) is 1. The number of ether oxygens (including phenoxy) is 1. The van der Waals surface area contributed by atoms with Gasteiger partial charge in [-0.3, -0.25) is 14.7 Å². The molecule has 1 saturated heterocycles. The van der Waals surface area contributed by atoms with Gasteiger partial charge in [-0.05, 0) is 43.9 Å². The molecule has 6 heteroatoms. The fourth-order valence-corrected chi connectivity index (χ4v) is 4.23. The van der Waals surface area contributed by atoms with Crippen LogP contribution >= 0.6 is 0 Å². The molecule has 1 saturated carbocycles. The van der Waals surface area contributed by atoms with E-state index >= 15 is 0 Å². The van der Waals surface area contributed by atoms with Crippen molar-refractivity contribution in [1.82, 2.24) is 15.2 Å². The number of nitrogens with zero attached hydrogens (tertiary/aromatic N) is 2. The molecule has 1 aromatic heterocycles. The first kappa shape index (κ1) is 18.8. The number of amides is 1. The van der Waals surface area contributed by atoms with Crippen LogP contribution < -0.4 is 5.32 Å². The van der Waals surface area contributed by atoms with Crippen LogP contribution in [0.2, 0.25) is 0 Å². The van der Waals surface area contributed by atoms with Crippen LogP contribution in [0.3, 0.4) is 0 Å². The van der Waals surface area contributed by atoms with Crippen LogP contribution in [0.15, 0.2) is 24.5 Å². The summed E-state index contributed by atoms with van der Waals surface area (Å²) >= 11 is 0. The van der Waals surface area contributed by atoms with Gasteiger partial charge in [-0.2, -0.15) is 0 Å². The molecule has 2 fully saturated rings. The van der Waals surface area contributed by atoms with Crippen LogP contribution in [0.4, 0.5) is 0 Å². The van der Waals surface area contributed by atoms with Crippen molar-refractivity contribution < 1.29 is 14.3 Å². The molecule has 0 bridgehead atoms. The number of esters is 1. The van der Waals surface area contributed by atoms with Gasteiger partial charge in [-0.1, -0.05) is 25.3 Å². The summed E-state index contributed by atoms with van der Waals surface area (Å²) in [6.45, 7) is 2.51. The number of aromatic nitrogens is 1. The van der Waals surface area contributed by atoms with Crippen LogP contribution in [0.1, 0.15) is 50.5 Å². The zero-order valence-electron chi connectivity index (χ0n) is 15.6. The van der Waals surface area contributed by atoms with Crippen LogP contribution in [-0.2, 0) is 20.9 Å². The lowest BCUT2D eigenvalue weighted by atomic mass is 9.81. The number of hydrogen-bond acceptors (Lipinski definition) is 5. The SMILES string of the molecule is COC(=O)C1(NC(=O)C2CCCN(Cc3cccnc3)C2)CCCCC1. The molecular weight excluding hydrogens is 330 g/mol. The first-order chi connectivity index (χ1) is 12.6. The summed E-state index contributed by atoms with van der Waals surface area (Å²) < 4.78 is 5.01. The number of pyridine rings is 1. The highest BCUT2D eigenvalue weighted by Gasteiger charge is 2.43. The summed E-state index contributed by atoms with van der Waals surface area (Å²) in [5.41, 5.74) is 0.335. The quantitative estimate of drug-likeness (QED) is 0.817. The Morgan fingerprint density at radius 1 is 1.31 bits per heavy atom. The van der Waals surface area contributed by atoms with Gasteiger partial charge in [0, 0.05) is 25.5 Å². The predicted octanol–water partition coefficient (Wildman–Crippen LogP) is 2.29. The second-order valence-corrected chi connectivity index (χ2v) is 7.56. The summed E-state index contributed by atoms with van der Waals surface area (Å²) in [5, 5.41) is 3.08. The summed E-state index contributed by atoms with van der Waals surface area (Å²) in [6.07, 6.45) is 9.87. The van der Waals surface area contributed by atoms with Gasteiger partial charge in [0.1, 0.15) is 5.54 Å². The fourth-order valence-electron chi connectivity index (χ4n) is 4.23. The summed E-state index contributed by atoms with van der Waals surface area (Å²) in [7, 11) is 1.40. The average molecular weight is 359 g/mol. The Kier molecular flexibility index (Phi) is 6.25. The van der Waals surface area contributed by atoms with Gasteiger partial charge in [0.2, 0.25) is 5.91 Å². The van der Waals surface area contributed by atoms with E-state index in [1.165, 1.54) is 7.11 Å². The maximum atomic E-state index is 12.9. The van der Waals surface area contributed by atoms with E-state index in [0.29, 0.717) is 12.8 Å². The highest BCUT2D eigenvalue weighted by atomic mass is 16.5. The van der Waals surface area contributed by atoms with Gasteiger partial charge in [0.25, 0.3) is 0 Å². The maximum absolute atomic E-state index is 12.9. The van der Waals surface area contributed by atoms with E-state index in [0.717, 1.165) is 57.3 Å². The van der Waals surface area contributed by atoms with Crippen molar-refractivity contribution in [3.05, 3.63) is 30.1 Å². The smallest absolute Gasteiger partial charge is 0.331 e. The van der Waals surface area contributed by atoms with Gasteiger partial charge in [-0.15, -0.1) is 0 Å². The van der Waals surface area contributed by atoms with E-state index in [-0.39, 0.29) is 17.8 Å². The summed E-state index contributed by atoms with van der Waals surface area (Å²) in [4.78, 5) is 31.8. The summed E-state index contributed by atoms with van der Waals surface area (Å²) in [5.74, 6) is -0.384. The number of carbonyl (C=O) groups is 2. The molecule has 0 spiro atoms. The molecule has 1 aliphatic carbocycles. The number of carbonyl (C=O) groups excluding carboxylic acids is 2. The average Bonchev–Trinajstić information content (AvgIpc) is 2.69. The molecule has 1 aliphatic heterocycles. The van der Waals surface area contributed by atoms with E-state index in [4.69, 9.17) is 4.74 Å². The fraction of sp³-hybridized carbons (Fsp3) is 0.650. The van der Waals surface area contributed by atoms with Crippen molar-refractivity contribution in [3.63, 3.8) is 0 Å². The van der Waals surface area contributed by atoms with E-state index < -0.39 is 5.54 Å². The Morgan fingerprint density at radius 2 is 2.12 bits per heavy atom. The molecule has 6 nitrogen and oxygen atoms in total. The second-order valence-electron chi connectivity index (χ2n) is 7.56. The third kappa shape index (κ3) is 4.41. The van der Waals surface area contributed by atoms with Crippen LogP contribution in [-0.4, -0.2) is 47.5 Å². The number of rotatable bonds is 5. The van der Waals surface area contributed by atoms with Gasteiger partial charge in [0.05, 0.1) is 13.0 Å². The number of methoxy groups -OCH3 is 1. The lowest BCUT2D eigenvalue weighted by Crippen LogP contribution is -2.58. The van der Waals surface area contributed by atoms with E-state index in [1.54, 1.807) is 6.20 Å². The van der Waals surface area contributed by atoms with Crippen molar-refractivity contribution in [2.75, 3.05) is 20.2 Å². The first-order valence-corrected chi connectivity index (χ1v) is 9.65. The van der Waals surface area contributed by atoms with Crippen LogP contribution in [0, 0.1) is 5.92 Å².